The lowest BCUT2D eigenvalue weighted by atomic mass is 9.86. The predicted molar refractivity (Wildman–Crippen MR) is 176 cm³/mol. The lowest BCUT2D eigenvalue weighted by molar-refractivity contribution is 0.413. The van der Waals surface area contributed by atoms with Gasteiger partial charge in [-0.05, 0) is 114 Å². The van der Waals surface area contributed by atoms with Crippen molar-refractivity contribution in [3.63, 3.8) is 0 Å². The SMILES string of the molecule is COc1c(-c2ccc(I)cc2)cc2ccccc2c1-c1c(OC)c(-c2ccc(I)cc2)cc2ccccc12. The molecule has 0 aliphatic rings. The van der Waals surface area contributed by atoms with Gasteiger partial charge in [0.25, 0.3) is 0 Å². The zero-order chi connectivity index (χ0) is 26.2. The normalized spacial score (nSPS) is 11.2. The maximum absolute atomic E-state index is 6.27. The maximum atomic E-state index is 6.27. The molecule has 0 aliphatic carbocycles. The van der Waals surface area contributed by atoms with Crippen molar-refractivity contribution < 1.29 is 9.47 Å². The molecule has 0 unspecified atom stereocenters. The van der Waals surface area contributed by atoms with Crippen LogP contribution >= 0.6 is 45.2 Å². The highest BCUT2D eigenvalue weighted by molar-refractivity contribution is 14.1. The number of fused-ring (bicyclic) bond motifs is 2. The zero-order valence-corrected chi connectivity index (χ0v) is 25.3. The van der Waals surface area contributed by atoms with Crippen LogP contribution in [0.15, 0.2) is 109 Å². The third-order valence-corrected chi connectivity index (χ3v) is 8.41. The van der Waals surface area contributed by atoms with Crippen LogP contribution in [0.25, 0.3) is 54.9 Å². The van der Waals surface area contributed by atoms with Gasteiger partial charge in [-0.3, -0.25) is 0 Å². The topological polar surface area (TPSA) is 18.5 Å². The summed E-state index contributed by atoms with van der Waals surface area (Å²) < 4.78 is 14.9. The Hall–Kier alpha value is -3.10. The Morgan fingerprint density at radius 2 is 0.842 bits per heavy atom. The summed E-state index contributed by atoms with van der Waals surface area (Å²) in [6.07, 6.45) is 0. The Balaban J connectivity index is 1.79. The molecule has 0 aliphatic heterocycles. The largest absolute Gasteiger partial charge is 0.495 e. The van der Waals surface area contributed by atoms with E-state index in [1.807, 2.05) is 0 Å². The highest BCUT2D eigenvalue weighted by Gasteiger charge is 2.24. The fourth-order valence-electron chi connectivity index (χ4n) is 5.27. The van der Waals surface area contributed by atoms with Crippen LogP contribution in [0.4, 0.5) is 0 Å². The predicted octanol–water partition coefficient (Wildman–Crippen LogP) is 10.2. The van der Waals surface area contributed by atoms with Crippen LogP contribution < -0.4 is 9.47 Å². The summed E-state index contributed by atoms with van der Waals surface area (Å²) in [5, 5.41) is 4.56. The Labute approximate surface area is 249 Å². The average Bonchev–Trinajstić information content (AvgIpc) is 2.96. The van der Waals surface area contributed by atoms with Crippen LogP contribution in [0, 0.1) is 7.14 Å². The van der Waals surface area contributed by atoms with Gasteiger partial charge in [0, 0.05) is 29.4 Å². The van der Waals surface area contributed by atoms with Crippen molar-refractivity contribution in [3.05, 3.63) is 116 Å². The second-order valence-electron chi connectivity index (χ2n) is 9.12. The number of halogens is 2. The molecule has 0 amide bonds. The van der Waals surface area contributed by atoms with Crippen molar-refractivity contribution in [1.82, 2.24) is 0 Å². The van der Waals surface area contributed by atoms with E-state index in [1.165, 1.54) is 7.14 Å². The molecule has 0 bridgehead atoms. The fourth-order valence-corrected chi connectivity index (χ4v) is 5.98. The van der Waals surface area contributed by atoms with Gasteiger partial charge < -0.3 is 9.47 Å². The van der Waals surface area contributed by atoms with Crippen molar-refractivity contribution >= 4 is 66.7 Å². The van der Waals surface area contributed by atoms with Gasteiger partial charge in [-0.1, -0.05) is 72.8 Å². The van der Waals surface area contributed by atoms with Crippen LogP contribution in [0.5, 0.6) is 11.5 Å². The van der Waals surface area contributed by atoms with Crippen LogP contribution in [0.3, 0.4) is 0 Å². The smallest absolute Gasteiger partial charge is 0.135 e. The van der Waals surface area contributed by atoms with Gasteiger partial charge in [0.1, 0.15) is 11.5 Å². The van der Waals surface area contributed by atoms with E-state index in [9.17, 15) is 0 Å². The lowest BCUT2D eigenvalue weighted by Gasteiger charge is -2.22. The Kier molecular flexibility index (Phi) is 7.01. The minimum Gasteiger partial charge on any atom is -0.495 e. The number of hydrogen-bond acceptors (Lipinski definition) is 2. The van der Waals surface area contributed by atoms with E-state index in [0.29, 0.717) is 0 Å². The molecule has 0 spiro atoms. The van der Waals surface area contributed by atoms with E-state index in [1.54, 1.807) is 14.2 Å². The first kappa shape index (κ1) is 25.2. The van der Waals surface area contributed by atoms with E-state index < -0.39 is 0 Å². The van der Waals surface area contributed by atoms with Gasteiger partial charge in [-0.2, -0.15) is 0 Å². The summed E-state index contributed by atoms with van der Waals surface area (Å²) in [6, 6.07) is 38.7. The summed E-state index contributed by atoms with van der Waals surface area (Å²) in [7, 11) is 3.53. The monoisotopic (exact) mass is 718 g/mol. The molecule has 4 heteroatoms. The zero-order valence-electron chi connectivity index (χ0n) is 21.0. The van der Waals surface area contributed by atoms with Crippen LogP contribution in [0.1, 0.15) is 0 Å². The molecule has 0 heterocycles. The first-order chi connectivity index (χ1) is 18.6. The summed E-state index contributed by atoms with van der Waals surface area (Å²) in [5.41, 5.74) is 6.43. The summed E-state index contributed by atoms with van der Waals surface area (Å²) >= 11 is 4.69. The summed E-state index contributed by atoms with van der Waals surface area (Å²) in [4.78, 5) is 0. The molecule has 0 fully saturated rings. The van der Waals surface area contributed by atoms with Gasteiger partial charge in [-0.15, -0.1) is 0 Å². The second kappa shape index (κ2) is 10.6. The molecule has 38 heavy (non-hydrogen) atoms. The third-order valence-electron chi connectivity index (χ3n) is 6.97. The van der Waals surface area contributed by atoms with E-state index in [0.717, 1.165) is 66.4 Å². The molecule has 6 aromatic carbocycles. The molecular formula is C34H24I2O2. The standard InChI is InChI=1S/C34H24I2O2/c1-37-33-29(21-11-15-25(35)16-12-21)19-23-7-3-5-9-27(23)31(33)32-28-10-6-4-8-24(28)20-30(34(32)38-2)22-13-17-26(36)18-14-22/h3-20H,1-2H3. The minimum atomic E-state index is 0.841. The highest BCUT2D eigenvalue weighted by Crippen LogP contribution is 2.52. The number of benzene rings is 6. The van der Waals surface area contributed by atoms with Crippen molar-refractivity contribution in [2.45, 2.75) is 0 Å². The fraction of sp³-hybridized carbons (Fsp3) is 0.0588. The summed E-state index contributed by atoms with van der Waals surface area (Å²) in [6.45, 7) is 0. The van der Waals surface area contributed by atoms with Gasteiger partial charge in [0.15, 0.2) is 0 Å². The Morgan fingerprint density at radius 3 is 1.21 bits per heavy atom. The summed E-state index contributed by atoms with van der Waals surface area (Å²) in [5.74, 6) is 1.68. The van der Waals surface area contributed by atoms with Gasteiger partial charge >= 0.3 is 0 Å². The van der Waals surface area contributed by atoms with Crippen LogP contribution in [-0.4, -0.2) is 14.2 Å². The van der Waals surface area contributed by atoms with Crippen molar-refractivity contribution in [1.29, 1.82) is 0 Å². The van der Waals surface area contributed by atoms with Crippen LogP contribution in [0.2, 0.25) is 0 Å². The minimum absolute atomic E-state index is 0.841. The lowest BCUT2D eigenvalue weighted by Crippen LogP contribution is -1.99. The molecule has 0 saturated carbocycles. The maximum Gasteiger partial charge on any atom is 0.135 e. The molecule has 0 radical (unpaired) electrons. The third kappa shape index (κ3) is 4.43. The first-order valence-electron chi connectivity index (χ1n) is 12.3. The molecular weight excluding hydrogens is 694 g/mol. The number of hydrogen-bond donors (Lipinski definition) is 0. The Morgan fingerprint density at radius 1 is 0.474 bits per heavy atom. The number of methoxy groups -OCH3 is 2. The molecule has 0 atom stereocenters. The van der Waals surface area contributed by atoms with Gasteiger partial charge in [-0.25, -0.2) is 0 Å². The van der Waals surface area contributed by atoms with E-state index in [4.69, 9.17) is 9.47 Å². The second-order valence-corrected chi connectivity index (χ2v) is 11.6. The molecule has 0 N–H and O–H groups in total. The van der Waals surface area contributed by atoms with Gasteiger partial charge in [0.05, 0.1) is 14.2 Å². The average molecular weight is 718 g/mol. The molecule has 2 nitrogen and oxygen atoms in total. The van der Waals surface area contributed by atoms with E-state index >= 15 is 0 Å². The van der Waals surface area contributed by atoms with Crippen molar-refractivity contribution in [2.24, 2.45) is 0 Å². The van der Waals surface area contributed by atoms with Crippen molar-refractivity contribution in [2.75, 3.05) is 14.2 Å². The molecule has 186 valence electrons. The Bertz CT molecular complexity index is 1650. The van der Waals surface area contributed by atoms with Crippen LogP contribution in [-0.2, 0) is 0 Å². The van der Waals surface area contributed by atoms with Crippen molar-refractivity contribution in [3.8, 4) is 44.9 Å². The van der Waals surface area contributed by atoms with E-state index in [-0.39, 0.29) is 0 Å². The molecule has 0 saturated heterocycles. The van der Waals surface area contributed by atoms with Gasteiger partial charge in [0.2, 0.25) is 0 Å². The number of ether oxygens (including phenoxy) is 2. The quantitative estimate of drug-likeness (QED) is 0.165. The molecule has 6 rings (SSSR count). The van der Waals surface area contributed by atoms with E-state index in [2.05, 4.69) is 154 Å². The first-order valence-corrected chi connectivity index (χ1v) is 14.5. The number of rotatable bonds is 5. The highest BCUT2D eigenvalue weighted by atomic mass is 127. The molecule has 6 aromatic rings. The molecule has 0 aromatic heterocycles.